The quantitative estimate of drug-likeness (QED) is 0.0841. The van der Waals surface area contributed by atoms with Crippen molar-refractivity contribution < 1.29 is 24.2 Å². The zero-order valence-electron chi connectivity index (χ0n) is 44.4. The number of hydrogen-bond acceptors (Lipinski definition) is 5. The fourth-order valence-corrected chi connectivity index (χ4v) is 13.2. The lowest BCUT2D eigenvalue weighted by Gasteiger charge is -2.19. The lowest BCUT2D eigenvalue weighted by molar-refractivity contribution is 0.393. The number of phenolic OH excluding ortho intramolecular Hbond substituents is 3. The number of rotatable bonds is 7. The van der Waals surface area contributed by atoms with Crippen molar-refractivity contribution in [3.8, 4) is 95.1 Å². The van der Waals surface area contributed by atoms with Gasteiger partial charge in [0, 0.05) is 38.2 Å². The molecule has 14 aromatic carbocycles. The molecule has 0 saturated heterocycles. The van der Waals surface area contributed by atoms with E-state index in [1.54, 1.807) is 6.92 Å². The van der Waals surface area contributed by atoms with E-state index < -0.39 is 0 Å². The Bertz CT molecular complexity index is 5190. The molecule has 0 aliphatic heterocycles. The largest absolute Gasteiger partial charge is 0.507 e. The Balaban J connectivity index is 0.869. The molecule has 16 rings (SSSR count). The molecule has 5 heteroatoms. The minimum Gasteiger partial charge on any atom is -0.507 e. The second-order valence-electron chi connectivity index (χ2n) is 21.4. The van der Waals surface area contributed by atoms with E-state index in [2.05, 4.69) is 218 Å². The minimum absolute atomic E-state index is 0.0983. The van der Waals surface area contributed by atoms with E-state index in [1.807, 2.05) is 30.3 Å². The van der Waals surface area contributed by atoms with Crippen LogP contribution < -0.4 is 0 Å². The number of furan rings is 2. The molecule has 0 atom stereocenters. The molecule has 82 heavy (non-hydrogen) atoms. The van der Waals surface area contributed by atoms with Crippen molar-refractivity contribution in [3.05, 3.63) is 260 Å². The van der Waals surface area contributed by atoms with Crippen LogP contribution in [0.4, 0.5) is 0 Å². The van der Waals surface area contributed by atoms with E-state index in [0.29, 0.717) is 16.7 Å². The van der Waals surface area contributed by atoms with E-state index in [0.717, 1.165) is 110 Å². The summed E-state index contributed by atoms with van der Waals surface area (Å²) < 4.78 is 13.8. The molecule has 0 amide bonds. The van der Waals surface area contributed by atoms with E-state index >= 15 is 0 Å². The Kier molecular flexibility index (Phi) is 10.6. The maximum absolute atomic E-state index is 11.1. The first-order valence-electron chi connectivity index (χ1n) is 27.6. The van der Waals surface area contributed by atoms with Crippen molar-refractivity contribution in [1.82, 2.24) is 0 Å². The van der Waals surface area contributed by atoms with Gasteiger partial charge in [-0.15, -0.1) is 0 Å². The van der Waals surface area contributed by atoms with Crippen LogP contribution in [0.15, 0.2) is 264 Å². The van der Waals surface area contributed by atoms with Crippen molar-refractivity contribution in [2.24, 2.45) is 0 Å². The molecule has 386 valence electrons. The van der Waals surface area contributed by atoms with Crippen LogP contribution >= 0.6 is 0 Å². The molecule has 2 heterocycles. The molecule has 0 bridgehead atoms. The SMILES string of the molecule is Cc1c(O)c(O)cc(-c2ccc3c(c2)oc2cccc(-c4c5ccccc5c(-c5ccc(-c6ccc(-c7c8ccccc8c(-c8ccccc8)c8ccccc78)c7c6oc6cc(-c8ccccc8)ccc67)cc5)c5ccccc45)c23)c1O. The average Bonchev–Trinajstić information content (AvgIpc) is 2.78. The molecule has 0 aliphatic carbocycles. The van der Waals surface area contributed by atoms with Gasteiger partial charge in [-0.1, -0.05) is 212 Å². The summed E-state index contributed by atoms with van der Waals surface area (Å²) in [5.74, 6) is -0.737. The zero-order valence-corrected chi connectivity index (χ0v) is 44.4. The number of aromatic hydroxyl groups is 3. The van der Waals surface area contributed by atoms with Crippen LogP contribution in [0.25, 0.3) is 165 Å². The Hall–Kier alpha value is -10.9. The van der Waals surface area contributed by atoms with Crippen LogP contribution in [0.3, 0.4) is 0 Å². The van der Waals surface area contributed by atoms with Gasteiger partial charge in [0.05, 0.1) is 0 Å². The third kappa shape index (κ3) is 7.13. The molecule has 5 nitrogen and oxygen atoms in total. The highest BCUT2D eigenvalue weighted by Crippen LogP contribution is 2.52. The smallest absolute Gasteiger partial charge is 0.164 e. The van der Waals surface area contributed by atoms with Gasteiger partial charge in [0.25, 0.3) is 0 Å². The fourth-order valence-electron chi connectivity index (χ4n) is 13.2. The third-order valence-corrected chi connectivity index (χ3v) is 17.0. The first-order valence-corrected chi connectivity index (χ1v) is 27.6. The summed E-state index contributed by atoms with van der Waals surface area (Å²) >= 11 is 0. The first kappa shape index (κ1) is 47.1. The minimum atomic E-state index is -0.340. The highest BCUT2D eigenvalue weighted by molar-refractivity contribution is 6.28. The van der Waals surface area contributed by atoms with Crippen molar-refractivity contribution in [2.45, 2.75) is 6.92 Å². The van der Waals surface area contributed by atoms with E-state index in [9.17, 15) is 15.3 Å². The summed E-state index contributed by atoms with van der Waals surface area (Å²) in [7, 11) is 0. The number of hydrogen-bond donors (Lipinski definition) is 3. The van der Waals surface area contributed by atoms with Gasteiger partial charge in [0.15, 0.2) is 11.5 Å². The second-order valence-corrected chi connectivity index (χ2v) is 21.4. The Morgan fingerprint density at radius 2 is 0.683 bits per heavy atom. The van der Waals surface area contributed by atoms with Crippen LogP contribution in [-0.4, -0.2) is 15.3 Å². The van der Waals surface area contributed by atoms with Gasteiger partial charge in [0.1, 0.15) is 28.1 Å². The summed E-state index contributed by atoms with van der Waals surface area (Å²) in [6.45, 7) is 1.57. The van der Waals surface area contributed by atoms with Crippen molar-refractivity contribution >= 4 is 87.0 Å². The lowest BCUT2D eigenvalue weighted by Crippen LogP contribution is -1.92. The molecule has 0 unspecified atom stereocenters. The van der Waals surface area contributed by atoms with Gasteiger partial charge in [-0.05, 0) is 159 Å². The number of phenols is 3. The van der Waals surface area contributed by atoms with Crippen molar-refractivity contribution in [3.63, 3.8) is 0 Å². The molecule has 0 radical (unpaired) electrons. The number of fused-ring (bicyclic) bond motifs is 10. The topological polar surface area (TPSA) is 87.0 Å². The predicted molar refractivity (Wildman–Crippen MR) is 339 cm³/mol. The Morgan fingerprint density at radius 1 is 0.256 bits per heavy atom. The molecule has 0 aliphatic rings. The van der Waals surface area contributed by atoms with Gasteiger partial charge >= 0.3 is 0 Å². The van der Waals surface area contributed by atoms with Gasteiger partial charge in [-0.2, -0.15) is 0 Å². The summed E-state index contributed by atoms with van der Waals surface area (Å²) in [6.07, 6.45) is 0. The second kappa shape index (κ2) is 18.3. The van der Waals surface area contributed by atoms with Crippen LogP contribution in [0.1, 0.15) is 5.56 Å². The average molecular weight is 1050 g/mol. The summed E-state index contributed by atoms with van der Waals surface area (Å²) in [5, 5.41) is 45.2. The highest BCUT2D eigenvalue weighted by atomic mass is 16.3. The van der Waals surface area contributed by atoms with Crippen molar-refractivity contribution in [2.75, 3.05) is 0 Å². The van der Waals surface area contributed by atoms with E-state index in [-0.39, 0.29) is 22.8 Å². The van der Waals surface area contributed by atoms with Crippen LogP contribution in [0.2, 0.25) is 0 Å². The van der Waals surface area contributed by atoms with Gasteiger partial charge in [-0.3, -0.25) is 0 Å². The summed E-state index contributed by atoms with van der Waals surface area (Å²) in [6, 6.07) is 90.0. The van der Waals surface area contributed by atoms with Crippen LogP contribution in [0.5, 0.6) is 17.2 Å². The van der Waals surface area contributed by atoms with Crippen LogP contribution in [0, 0.1) is 6.92 Å². The predicted octanol–water partition coefficient (Wildman–Crippen LogP) is 21.2. The van der Waals surface area contributed by atoms with Gasteiger partial charge in [0.2, 0.25) is 0 Å². The zero-order chi connectivity index (χ0) is 54.7. The maximum Gasteiger partial charge on any atom is 0.164 e. The molecule has 0 spiro atoms. The third-order valence-electron chi connectivity index (χ3n) is 17.0. The van der Waals surface area contributed by atoms with Gasteiger partial charge < -0.3 is 24.2 Å². The summed E-state index contributed by atoms with van der Waals surface area (Å²) in [4.78, 5) is 0. The fraction of sp³-hybridized carbons (Fsp3) is 0.0130. The van der Waals surface area contributed by atoms with E-state index in [1.165, 1.54) is 44.3 Å². The molecule has 2 aromatic heterocycles. The summed E-state index contributed by atoms with van der Waals surface area (Å²) in [5.41, 5.74) is 17.8. The standard InChI is InChI=1S/C77H48O5/c1-44-75(79)64(43-65(78)76(44)80)50-36-38-60-67(42-50)81-66-30-16-29-62(73(60)66)71-56-25-12-10-23-54(56)70(55-24-11-13-26-57(55)71)48-33-31-46(32-34-48)51-39-40-63(74-61-37-35-49(41-68(61)82-77(51)74)45-17-4-2-5-18-45)72-58-27-14-8-21-52(58)69(47-19-6-3-7-20-47)53-22-9-15-28-59(53)72/h2-43,78-80H,1H3. The molecular weight excluding hydrogens is 1000 g/mol. The molecule has 0 saturated carbocycles. The normalized spacial score (nSPS) is 11.9. The maximum atomic E-state index is 11.1. The van der Waals surface area contributed by atoms with Gasteiger partial charge in [-0.25, -0.2) is 0 Å². The lowest BCUT2D eigenvalue weighted by atomic mass is 9.84. The molecular formula is C77H48O5. The monoisotopic (exact) mass is 1050 g/mol. The Labute approximate surface area is 471 Å². The number of benzene rings is 14. The molecule has 0 fully saturated rings. The highest BCUT2D eigenvalue weighted by Gasteiger charge is 2.25. The first-order chi connectivity index (χ1) is 40.4. The van der Waals surface area contributed by atoms with E-state index in [4.69, 9.17) is 8.83 Å². The van der Waals surface area contributed by atoms with Crippen LogP contribution in [-0.2, 0) is 0 Å². The molecule has 3 N–H and O–H groups in total. The molecule has 16 aromatic rings. The Morgan fingerprint density at radius 3 is 1.26 bits per heavy atom. The van der Waals surface area contributed by atoms with Crippen molar-refractivity contribution in [1.29, 1.82) is 0 Å².